The summed E-state index contributed by atoms with van der Waals surface area (Å²) in [5, 5.41) is 8.13. The molecule has 1 fully saturated rings. The zero-order chi connectivity index (χ0) is 15.2. The van der Waals surface area contributed by atoms with Gasteiger partial charge in [0.2, 0.25) is 0 Å². The molecule has 2 rings (SSSR count). The maximum atomic E-state index is 5.87. The number of aromatic nitrogens is 2. The van der Waals surface area contributed by atoms with E-state index in [1.165, 1.54) is 25.0 Å². The van der Waals surface area contributed by atoms with E-state index in [1.54, 1.807) is 0 Å². The fraction of sp³-hybridized carbons (Fsp3) is 0.812. The van der Waals surface area contributed by atoms with Crippen LogP contribution < -0.4 is 5.32 Å². The van der Waals surface area contributed by atoms with E-state index in [9.17, 15) is 0 Å². The van der Waals surface area contributed by atoms with Crippen molar-refractivity contribution in [2.45, 2.75) is 71.1 Å². The van der Waals surface area contributed by atoms with Crippen molar-refractivity contribution in [3.63, 3.8) is 0 Å². The van der Waals surface area contributed by atoms with Crippen LogP contribution in [0.5, 0.6) is 0 Å². The Morgan fingerprint density at radius 2 is 2.29 bits per heavy atom. The van der Waals surface area contributed by atoms with Gasteiger partial charge < -0.3 is 10.1 Å². The van der Waals surface area contributed by atoms with Crippen molar-refractivity contribution in [3.05, 3.63) is 16.4 Å². The lowest BCUT2D eigenvalue weighted by Gasteiger charge is -2.26. The van der Waals surface area contributed by atoms with Gasteiger partial charge in [0.05, 0.1) is 28.5 Å². The van der Waals surface area contributed by atoms with Gasteiger partial charge >= 0.3 is 0 Å². The summed E-state index contributed by atoms with van der Waals surface area (Å²) in [7, 11) is 0. The van der Waals surface area contributed by atoms with Crippen molar-refractivity contribution < 1.29 is 4.74 Å². The summed E-state index contributed by atoms with van der Waals surface area (Å²) in [5.74, 6) is 0. The SMILES string of the molecule is CCNC(CCC1CCCCO1)c1c(Br)cnn1C(C)C. The first-order valence-electron chi connectivity index (χ1n) is 8.21. The molecular formula is C16H28BrN3O. The highest BCUT2D eigenvalue weighted by Gasteiger charge is 2.23. The quantitative estimate of drug-likeness (QED) is 0.793. The fourth-order valence-electron chi connectivity index (χ4n) is 3.06. The van der Waals surface area contributed by atoms with E-state index in [0.717, 1.165) is 30.5 Å². The van der Waals surface area contributed by atoms with Crippen LogP contribution in [0, 0.1) is 0 Å². The van der Waals surface area contributed by atoms with Crippen LogP contribution in [0.1, 0.15) is 70.7 Å². The van der Waals surface area contributed by atoms with E-state index in [2.05, 4.69) is 51.8 Å². The highest BCUT2D eigenvalue weighted by atomic mass is 79.9. The Morgan fingerprint density at radius 3 is 2.90 bits per heavy atom. The highest BCUT2D eigenvalue weighted by molar-refractivity contribution is 9.10. The van der Waals surface area contributed by atoms with E-state index in [1.807, 2.05) is 6.20 Å². The van der Waals surface area contributed by atoms with Crippen LogP contribution >= 0.6 is 15.9 Å². The maximum absolute atomic E-state index is 5.87. The van der Waals surface area contributed by atoms with Crippen molar-refractivity contribution in [2.75, 3.05) is 13.2 Å². The molecule has 2 unspecified atom stereocenters. The molecule has 4 nitrogen and oxygen atoms in total. The molecule has 0 bridgehead atoms. The van der Waals surface area contributed by atoms with Crippen molar-refractivity contribution in [1.82, 2.24) is 15.1 Å². The topological polar surface area (TPSA) is 39.1 Å². The number of nitrogens with zero attached hydrogens (tertiary/aromatic N) is 2. The summed E-state index contributed by atoms with van der Waals surface area (Å²) < 4.78 is 9.10. The third-order valence-corrected chi connectivity index (χ3v) is 4.72. The molecule has 0 radical (unpaired) electrons. The van der Waals surface area contributed by atoms with Gasteiger partial charge in [-0.1, -0.05) is 6.92 Å². The van der Waals surface area contributed by atoms with Crippen LogP contribution in [0.4, 0.5) is 0 Å². The van der Waals surface area contributed by atoms with E-state index < -0.39 is 0 Å². The van der Waals surface area contributed by atoms with E-state index in [4.69, 9.17) is 4.74 Å². The summed E-state index contributed by atoms with van der Waals surface area (Å²) in [6.07, 6.45) is 8.31. The minimum Gasteiger partial charge on any atom is -0.378 e. The molecule has 120 valence electrons. The smallest absolute Gasteiger partial charge is 0.0698 e. The first kappa shape index (κ1) is 17.0. The molecule has 1 aromatic heterocycles. The highest BCUT2D eigenvalue weighted by Crippen LogP contribution is 2.30. The summed E-state index contributed by atoms with van der Waals surface area (Å²) in [5.41, 5.74) is 1.27. The van der Waals surface area contributed by atoms with Gasteiger partial charge in [-0.05, 0) is 68.4 Å². The van der Waals surface area contributed by atoms with Crippen LogP contribution in [0.15, 0.2) is 10.7 Å². The van der Waals surface area contributed by atoms with Crippen LogP contribution in [-0.2, 0) is 4.74 Å². The van der Waals surface area contributed by atoms with Gasteiger partial charge in [0, 0.05) is 12.6 Å². The average molecular weight is 358 g/mol. The predicted octanol–water partition coefficient (Wildman–Crippen LogP) is 4.23. The lowest BCUT2D eigenvalue weighted by Crippen LogP contribution is -2.27. The monoisotopic (exact) mass is 357 g/mol. The van der Waals surface area contributed by atoms with Crippen molar-refractivity contribution in [3.8, 4) is 0 Å². The Balaban J connectivity index is 2.05. The third-order valence-electron chi connectivity index (χ3n) is 4.11. The molecule has 1 aliphatic heterocycles. The van der Waals surface area contributed by atoms with Crippen molar-refractivity contribution in [1.29, 1.82) is 0 Å². The molecule has 1 N–H and O–H groups in total. The van der Waals surface area contributed by atoms with Gasteiger partial charge in [0.15, 0.2) is 0 Å². The second-order valence-corrected chi connectivity index (χ2v) is 6.95. The normalized spacial score (nSPS) is 20.9. The minimum atomic E-state index is 0.333. The first-order valence-corrected chi connectivity index (χ1v) is 9.00. The summed E-state index contributed by atoms with van der Waals surface area (Å²) in [6, 6.07) is 0.707. The first-order chi connectivity index (χ1) is 10.1. The molecule has 1 aromatic rings. The largest absolute Gasteiger partial charge is 0.378 e. The zero-order valence-corrected chi connectivity index (χ0v) is 15.0. The zero-order valence-electron chi connectivity index (χ0n) is 13.4. The summed E-state index contributed by atoms with van der Waals surface area (Å²) in [4.78, 5) is 0. The number of halogens is 1. The molecule has 0 saturated carbocycles. The molecule has 2 atom stereocenters. The summed E-state index contributed by atoms with van der Waals surface area (Å²) in [6.45, 7) is 8.41. The Labute approximate surface area is 136 Å². The van der Waals surface area contributed by atoms with Crippen LogP contribution in [0.25, 0.3) is 0 Å². The van der Waals surface area contributed by atoms with Gasteiger partial charge in [0.1, 0.15) is 0 Å². The van der Waals surface area contributed by atoms with Crippen LogP contribution in [0.3, 0.4) is 0 Å². The third kappa shape index (κ3) is 4.54. The van der Waals surface area contributed by atoms with Gasteiger partial charge in [0.25, 0.3) is 0 Å². The van der Waals surface area contributed by atoms with Gasteiger partial charge in [-0.15, -0.1) is 0 Å². The molecule has 0 amide bonds. The van der Waals surface area contributed by atoms with E-state index in [0.29, 0.717) is 18.2 Å². The molecule has 2 heterocycles. The Bertz CT molecular complexity index is 427. The van der Waals surface area contributed by atoms with Crippen LogP contribution in [-0.4, -0.2) is 29.0 Å². The molecule has 21 heavy (non-hydrogen) atoms. The second kappa shape index (κ2) is 8.30. The summed E-state index contributed by atoms with van der Waals surface area (Å²) >= 11 is 3.67. The molecule has 0 aromatic carbocycles. The Hall–Kier alpha value is -0.390. The molecule has 1 saturated heterocycles. The fourth-order valence-corrected chi connectivity index (χ4v) is 3.61. The van der Waals surface area contributed by atoms with Crippen LogP contribution in [0.2, 0.25) is 0 Å². The number of ether oxygens (including phenoxy) is 1. The number of nitrogens with one attached hydrogen (secondary N) is 1. The second-order valence-electron chi connectivity index (χ2n) is 6.09. The predicted molar refractivity (Wildman–Crippen MR) is 89.6 cm³/mol. The van der Waals surface area contributed by atoms with Gasteiger partial charge in [-0.2, -0.15) is 5.10 Å². The Kier molecular flexibility index (Phi) is 6.71. The van der Waals surface area contributed by atoms with Crippen molar-refractivity contribution in [2.24, 2.45) is 0 Å². The molecule has 0 aliphatic carbocycles. The average Bonchev–Trinajstić information content (AvgIpc) is 2.86. The van der Waals surface area contributed by atoms with E-state index >= 15 is 0 Å². The molecule has 1 aliphatic rings. The lowest BCUT2D eigenvalue weighted by atomic mass is 10.00. The van der Waals surface area contributed by atoms with Gasteiger partial charge in [-0.25, -0.2) is 0 Å². The van der Waals surface area contributed by atoms with Gasteiger partial charge in [-0.3, -0.25) is 4.68 Å². The number of hydrogen-bond acceptors (Lipinski definition) is 3. The molecule has 5 heteroatoms. The number of hydrogen-bond donors (Lipinski definition) is 1. The molecular weight excluding hydrogens is 330 g/mol. The lowest BCUT2D eigenvalue weighted by molar-refractivity contribution is 0.00840. The standard InChI is InChI=1S/C16H28BrN3O/c1-4-18-15(9-8-13-7-5-6-10-21-13)16-14(17)11-19-20(16)12(2)3/h11-13,15,18H,4-10H2,1-3H3. The minimum absolute atomic E-state index is 0.333. The number of rotatable bonds is 7. The Morgan fingerprint density at radius 1 is 1.48 bits per heavy atom. The molecule has 0 spiro atoms. The van der Waals surface area contributed by atoms with Crippen molar-refractivity contribution >= 4 is 15.9 Å². The maximum Gasteiger partial charge on any atom is 0.0698 e. The van der Waals surface area contributed by atoms with E-state index in [-0.39, 0.29) is 0 Å².